The molecule has 0 saturated carbocycles. The van der Waals surface area contributed by atoms with Crippen LogP contribution < -0.4 is 0 Å². The van der Waals surface area contributed by atoms with Crippen LogP contribution in [0.15, 0.2) is 10.7 Å². The number of aromatic nitrogens is 2. The summed E-state index contributed by atoms with van der Waals surface area (Å²) >= 11 is 3.44. The molecule has 1 aromatic heterocycles. The van der Waals surface area contributed by atoms with E-state index in [0.29, 0.717) is 6.61 Å². The summed E-state index contributed by atoms with van der Waals surface area (Å²) in [5.74, 6) is 0. The van der Waals surface area contributed by atoms with Crippen molar-refractivity contribution in [2.24, 2.45) is 7.05 Å². The van der Waals surface area contributed by atoms with Gasteiger partial charge in [0.05, 0.1) is 23.0 Å². The maximum Gasteiger partial charge on any atom is 0.158 e. The van der Waals surface area contributed by atoms with Crippen LogP contribution in [0.25, 0.3) is 0 Å². The fourth-order valence-corrected chi connectivity index (χ4v) is 2.08. The first kappa shape index (κ1) is 11.1. The molecule has 1 atom stereocenters. The molecule has 0 spiro atoms. The summed E-state index contributed by atoms with van der Waals surface area (Å²) < 4.78 is 14.0. The van der Waals surface area contributed by atoms with Gasteiger partial charge in [-0.1, -0.05) is 0 Å². The van der Waals surface area contributed by atoms with E-state index in [2.05, 4.69) is 21.0 Å². The van der Waals surface area contributed by atoms with Gasteiger partial charge in [0.25, 0.3) is 0 Å². The summed E-state index contributed by atoms with van der Waals surface area (Å²) in [5, 5.41) is 4.13. The van der Waals surface area contributed by atoms with Crippen LogP contribution in [0.5, 0.6) is 0 Å². The third-order valence-electron chi connectivity index (χ3n) is 2.55. The molecule has 2 heterocycles. The predicted molar refractivity (Wildman–Crippen MR) is 59.3 cm³/mol. The zero-order valence-corrected chi connectivity index (χ0v) is 10.4. The summed E-state index contributed by atoms with van der Waals surface area (Å²) in [5.41, 5.74) is 1.05. The van der Waals surface area contributed by atoms with Crippen LogP contribution in [-0.4, -0.2) is 22.7 Å². The highest BCUT2D eigenvalue weighted by Gasteiger charge is 2.15. The van der Waals surface area contributed by atoms with E-state index in [9.17, 15) is 0 Å². The van der Waals surface area contributed by atoms with Crippen molar-refractivity contribution in [1.82, 2.24) is 9.78 Å². The van der Waals surface area contributed by atoms with Crippen LogP contribution in [-0.2, 0) is 23.1 Å². The number of rotatable bonds is 3. The van der Waals surface area contributed by atoms with E-state index in [4.69, 9.17) is 9.47 Å². The molecule has 1 fully saturated rings. The maximum absolute atomic E-state index is 5.68. The van der Waals surface area contributed by atoms with Crippen molar-refractivity contribution in [2.45, 2.75) is 32.2 Å². The van der Waals surface area contributed by atoms with Crippen LogP contribution >= 0.6 is 15.9 Å². The molecule has 1 unspecified atom stereocenters. The van der Waals surface area contributed by atoms with E-state index < -0.39 is 0 Å². The van der Waals surface area contributed by atoms with Gasteiger partial charge in [0.15, 0.2) is 6.29 Å². The molecule has 1 aliphatic rings. The summed E-state index contributed by atoms with van der Waals surface area (Å²) in [6, 6.07) is 0. The van der Waals surface area contributed by atoms with Crippen LogP contribution in [0, 0.1) is 0 Å². The standard InChI is InChI=1S/C10H15BrN2O2/c1-13-9(8(11)6-12-13)7-15-10-4-2-3-5-14-10/h6,10H,2-5,7H2,1H3. The third-order valence-corrected chi connectivity index (χ3v) is 3.22. The fraction of sp³-hybridized carbons (Fsp3) is 0.700. The first-order chi connectivity index (χ1) is 7.27. The minimum Gasteiger partial charge on any atom is -0.353 e. The minimum atomic E-state index is -0.0412. The Kier molecular flexibility index (Phi) is 3.77. The van der Waals surface area contributed by atoms with Gasteiger partial charge in [-0.15, -0.1) is 0 Å². The minimum absolute atomic E-state index is 0.0412. The Labute approximate surface area is 97.7 Å². The van der Waals surface area contributed by atoms with E-state index in [-0.39, 0.29) is 6.29 Å². The number of hydrogen-bond acceptors (Lipinski definition) is 3. The molecule has 5 heteroatoms. The van der Waals surface area contributed by atoms with E-state index in [0.717, 1.165) is 29.6 Å². The Bertz CT molecular complexity index is 302. The summed E-state index contributed by atoms with van der Waals surface area (Å²) in [6.07, 6.45) is 5.07. The predicted octanol–water partition coefficient (Wildman–Crippen LogP) is 2.23. The molecule has 0 amide bonds. The van der Waals surface area contributed by atoms with Crippen molar-refractivity contribution in [1.29, 1.82) is 0 Å². The molecule has 1 saturated heterocycles. The van der Waals surface area contributed by atoms with Crippen molar-refractivity contribution in [3.8, 4) is 0 Å². The van der Waals surface area contributed by atoms with Gasteiger partial charge >= 0.3 is 0 Å². The molecule has 0 radical (unpaired) electrons. The largest absolute Gasteiger partial charge is 0.353 e. The zero-order chi connectivity index (χ0) is 10.7. The highest BCUT2D eigenvalue weighted by molar-refractivity contribution is 9.10. The molecule has 4 nitrogen and oxygen atoms in total. The van der Waals surface area contributed by atoms with Gasteiger partial charge in [-0.05, 0) is 35.2 Å². The van der Waals surface area contributed by atoms with Crippen LogP contribution in [0.1, 0.15) is 25.0 Å². The van der Waals surface area contributed by atoms with Crippen molar-refractivity contribution < 1.29 is 9.47 Å². The highest BCUT2D eigenvalue weighted by Crippen LogP contribution is 2.19. The number of aryl methyl sites for hydroxylation is 1. The molecule has 0 N–H and O–H groups in total. The summed E-state index contributed by atoms with van der Waals surface area (Å²) in [7, 11) is 1.91. The summed E-state index contributed by atoms with van der Waals surface area (Å²) in [6.45, 7) is 1.36. The molecule has 1 aliphatic heterocycles. The Morgan fingerprint density at radius 1 is 1.67 bits per heavy atom. The number of halogens is 1. The lowest BCUT2D eigenvalue weighted by atomic mass is 10.2. The lowest BCUT2D eigenvalue weighted by molar-refractivity contribution is -0.169. The second-order valence-corrected chi connectivity index (χ2v) is 4.52. The molecule has 0 aliphatic carbocycles. The molecule has 2 rings (SSSR count). The average molecular weight is 275 g/mol. The normalized spacial score (nSPS) is 21.9. The molecular weight excluding hydrogens is 260 g/mol. The number of nitrogens with zero attached hydrogens (tertiary/aromatic N) is 2. The Hall–Kier alpha value is -0.390. The topological polar surface area (TPSA) is 36.3 Å². The van der Waals surface area contributed by atoms with Gasteiger partial charge in [0, 0.05) is 13.7 Å². The Morgan fingerprint density at radius 2 is 2.53 bits per heavy atom. The highest BCUT2D eigenvalue weighted by atomic mass is 79.9. The molecular formula is C10H15BrN2O2. The van der Waals surface area contributed by atoms with Crippen LogP contribution in [0.3, 0.4) is 0 Å². The van der Waals surface area contributed by atoms with Gasteiger partial charge in [-0.25, -0.2) is 0 Å². The monoisotopic (exact) mass is 274 g/mol. The van der Waals surface area contributed by atoms with Gasteiger partial charge in [0.2, 0.25) is 0 Å². The zero-order valence-electron chi connectivity index (χ0n) is 8.78. The molecule has 84 valence electrons. The lowest BCUT2D eigenvalue weighted by Crippen LogP contribution is -2.22. The van der Waals surface area contributed by atoms with Crippen molar-refractivity contribution in [3.05, 3.63) is 16.4 Å². The number of ether oxygens (including phenoxy) is 2. The first-order valence-corrected chi connectivity index (χ1v) is 5.96. The van der Waals surface area contributed by atoms with Gasteiger partial charge in [-0.3, -0.25) is 4.68 Å². The third kappa shape index (κ3) is 2.80. The van der Waals surface area contributed by atoms with Crippen LogP contribution in [0.2, 0.25) is 0 Å². The van der Waals surface area contributed by atoms with E-state index in [1.54, 1.807) is 6.20 Å². The lowest BCUT2D eigenvalue weighted by Gasteiger charge is -2.22. The molecule has 15 heavy (non-hydrogen) atoms. The fourth-order valence-electron chi connectivity index (χ4n) is 1.61. The number of hydrogen-bond donors (Lipinski definition) is 0. The van der Waals surface area contributed by atoms with Gasteiger partial charge in [-0.2, -0.15) is 5.10 Å². The molecule has 0 aromatic carbocycles. The molecule has 0 bridgehead atoms. The van der Waals surface area contributed by atoms with Crippen molar-refractivity contribution >= 4 is 15.9 Å². The Morgan fingerprint density at radius 3 is 3.13 bits per heavy atom. The van der Waals surface area contributed by atoms with Crippen molar-refractivity contribution in [3.63, 3.8) is 0 Å². The smallest absolute Gasteiger partial charge is 0.158 e. The quantitative estimate of drug-likeness (QED) is 0.848. The summed E-state index contributed by atoms with van der Waals surface area (Å²) in [4.78, 5) is 0. The average Bonchev–Trinajstić information content (AvgIpc) is 2.58. The second kappa shape index (κ2) is 5.09. The maximum atomic E-state index is 5.68. The SMILES string of the molecule is Cn1ncc(Br)c1COC1CCCCO1. The van der Waals surface area contributed by atoms with E-state index in [1.165, 1.54) is 6.42 Å². The van der Waals surface area contributed by atoms with Gasteiger partial charge in [0.1, 0.15) is 0 Å². The van der Waals surface area contributed by atoms with Crippen molar-refractivity contribution in [2.75, 3.05) is 6.61 Å². The molecule has 1 aromatic rings. The van der Waals surface area contributed by atoms with E-state index in [1.807, 2.05) is 11.7 Å². The second-order valence-electron chi connectivity index (χ2n) is 3.67. The first-order valence-electron chi connectivity index (χ1n) is 5.17. The van der Waals surface area contributed by atoms with E-state index >= 15 is 0 Å². The van der Waals surface area contributed by atoms with Gasteiger partial charge < -0.3 is 9.47 Å². The Balaban J connectivity index is 1.87. The van der Waals surface area contributed by atoms with Crippen LogP contribution in [0.4, 0.5) is 0 Å².